The number of likely N-dealkylation sites (tertiary alicyclic amines) is 1. The molecule has 2 fully saturated rings. The topological polar surface area (TPSA) is 74.7 Å². The molecule has 1 aliphatic heterocycles. The summed E-state index contributed by atoms with van der Waals surface area (Å²) in [6, 6.07) is 8.18. The van der Waals surface area contributed by atoms with Gasteiger partial charge in [0.1, 0.15) is 0 Å². The average molecular weight is 351 g/mol. The molecule has 0 radical (unpaired) electrons. The summed E-state index contributed by atoms with van der Waals surface area (Å²) in [5.41, 5.74) is -0.956. The molecule has 1 heterocycles. The molecule has 2 unspecified atom stereocenters. The number of aliphatic hydroxyl groups is 1. The maximum atomic E-state index is 13.0. The summed E-state index contributed by atoms with van der Waals surface area (Å²) in [5.74, 6) is -0.419. The Morgan fingerprint density at radius 2 is 1.83 bits per heavy atom. The molecule has 1 N–H and O–H groups in total. The van der Waals surface area contributed by atoms with Crippen LogP contribution in [0.3, 0.4) is 0 Å². The first-order valence-corrected chi connectivity index (χ1v) is 9.95. The lowest BCUT2D eigenvalue weighted by Gasteiger charge is -2.31. The van der Waals surface area contributed by atoms with Gasteiger partial charge >= 0.3 is 0 Å². The summed E-state index contributed by atoms with van der Waals surface area (Å²) in [5, 5.41) is 10.8. The predicted octanol–water partition coefficient (Wildman–Crippen LogP) is 1.86. The quantitative estimate of drug-likeness (QED) is 0.898. The molecule has 1 aliphatic carbocycles. The van der Waals surface area contributed by atoms with Crippen LogP contribution >= 0.6 is 0 Å². The first-order valence-electron chi connectivity index (χ1n) is 8.46. The van der Waals surface area contributed by atoms with Crippen molar-refractivity contribution in [3.05, 3.63) is 30.3 Å². The van der Waals surface area contributed by atoms with Gasteiger partial charge in [0.2, 0.25) is 5.91 Å². The largest absolute Gasteiger partial charge is 0.387 e. The maximum absolute atomic E-state index is 13.0. The first kappa shape index (κ1) is 17.4. The fraction of sp³-hybridized carbons (Fsp3) is 0.611. The average Bonchev–Trinajstić information content (AvgIpc) is 3.30. The zero-order chi connectivity index (χ0) is 17.8. The first-order chi connectivity index (χ1) is 11.1. The number of hydrogen-bond donors (Lipinski definition) is 1. The summed E-state index contributed by atoms with van der Waals surface area (Å²) < 4.78 is 24.6. The van der Waals surface area contributed by atoms with Crippen molar-refractivity contribution in [3.63, 3.8) is 0 Å². The van der Waals surface area contributed by atoms with Crippen molar-refractivity contribution in [1.29, 1.82) is 0 Å². The van der Waals surface area contributed by atoms with Gasteiger partial charge in [-0.3, -0.25) is 4.79 Å². The zero-order valence-electron chi connectivity index (χ0n) is 14.4. The van der Waals surface area contributed by atoms with Gasteiger partial charge in [-0.15, -0.1) is 0 Å². The third-order valence-electron chi connectivity index (χ3n) is 5.74. The lowest BCUT2D eigenvalue weighted by atomic mass is 9.82. The van der Waals surface area contributed by atoms with E-state index in [1.807, 2.05) is 20.8 Å². The van der Waals surface area contributed by atoms with Crippen LogP contribution in [0, 0.1) is 11.8 Å². The Balaban J connectivity index is 1.89. The molecular weight excluding hydrogens is 326 g/mol. The van der Waals surface area contributed by atoms with Crippen LogP contribution in [-0.2, 0) is 14.6 Å². The summed E-state index contributed by atoms with van der Waals surface area (Å²) >= 11 is 0. The molecule has 2 aliphatic rings. The normalized spacial score (nSPS) is 29.0. The number of benzene rings is 1. The Labute approximate surface area is 143 Å². The van der Waals surface area contributed by atoms with Crippen LogP contribution < -0.4 is 0 Å². The number of hydrogen-bond acceptors (Lipinski definition) is 4. The van der Waals surface area contributed by atoms with Gasteiger partial charge in [-0.05, 0) is 30.9 Å². The minimum atomic E-state index is -3.71. The fourth-order valence-corrected chi connectivity index (χ4v) is 5.71. The minimum Gasteiger partial charge on any atom is -0.387 e. The summed E-state index contributed by atoms with van der Waals surface area (Å²) in [7, 11) is -3.71. The Morgan fingerprint density at radius 3 is 2.29 bits per heavy atom. The summed E-state index contributed by atoms with van der Waals surface area (Å²) in [6.45, 7) is 6.38. The van der Waals surface area contributed by atoms with E-state index in [2.05, 4.69) is 0 Å². The zero-order valence-corrected chi connectivity index (χ0v) is 15.2. The van der Waals surface area contributed by atoms with Crippen LogP contribution in [0.4, 0.5) is 0 Å². The summed E-state index contributed by atoms with van der Waals surface area (Å²) in [6.07, 6.45) is 0.710. The van der Waals surface area contributed by atoms with Crippen LogP contribution in [0.25, 0.3) is 0 Å². The van der Waals surface area contributed by atoms with Crippen LogP contribution in [-0.4, -0.2) is 47.8 Å². The number of β-amino-alcohol motifs (C(OH)–C–C–N with tert-alkyl or cyclic N) is 1. The molecule has 0 bridgehead atoms. The third kappa shape index (κ3) is 2.39. The second kappa shape index (κ2) is 5.56. The molecule has 1 amide bonds. The van der Waals surface area contributed by atoms with E-state index >= 15 is 0 Å². The molecule has 2 atom stereocenters. The smallest absolute Gasteiger partial charge is 0.244 e. The van der Waals surface area contributed by atoms with Crippen molar-refractivity contribution < 1.29 is 18.3 Å². The molecule has 0 aromatic heterocycles. The van der Waals surface area contributed by atoms with Gasteiger partial charge in [0.05, 0.1) is 17.0 Å². The molecule has 24 heavy (non-hydrogen) atoms. The molecule has 1 saturated heterocycles. The third-order valence-corrected chi connectivity index (χ3v) is 8.24. The molecule has 1 aromatic rings. The highest BCUT2D eigenvalue weighted by atomic mass is 32.2. The number of rotatable bonds is 4. The van der Waals surface area contributed by atoms with Gasteiger partial charge in [0.25, 0.3) is 0 Å². The Bertz CT molecular complexity index is 740. The van der Waals surface area contributed by atoms with E-state index in [0.717, 1.165) is 0 Å². The molecule has 1 saturated carbocycles. The molecular formula is C18H25NO4S. The van der Waals surface area contributed by atoms with Gasteiger partial charge in [-0.2, -0.15) is 0 Å². The van der Waals surface area contributed by atoms with Crippen LogP contribution in [0.15, 0.2) is 35.2 Å². The Hall–Kier alpha value is -1.40. The molecule has 1 aromatic carbocycles. The molecule has 0 spiro atoms. The van der Waals surface area contributed by atoms with E-state index in [1.54, 1.807) is 35.2 Å². The number of carbonyl (C=O) groups is 1. The van der Waals surface area contributed by atoms with Crippen LogP contribution in [0.2, 0.25) is 0 Å². The second-order valence-corrected chi connectivity index (χ2v) is 9.80. The van der Waals surface area contributed by atoms with E-state index in [1.165, 1.54) is 0 Å². The van der Waals surface area contributed by atoms with Gasteiger partial charge in [-0.1, -0.05) is 39.0 Å². The van der Waals surface area contributed by atoms with Crippen molar-refractivity contribution in [3.8, 4) is 0 Å². The molecule has 132 valence electrons. The van der Waals surface area contributed by atoms with E-state index in [0.29, 0.717) is 19.4 Å². The molecule has 5 nitrogen and oxygen atoms in total. The van der Waals surface area contributed by atoms with E-state index in [-0.39, 0.29) is 29.2 Å². The van der Waals surface area contributed by atoms with Crippen molar-refractivity contribution in [2.24, 2.45) is 11.8 Å². The number of amides is 1. The van der Waals surface area contributed by atoms with Crippen molar-refractivity contribution in [1.82, 2.24) is 4.90 Å². The van der Waals surface area contributed by atoms with Crippen molar-refractivity contribution >= 4 is 15.7 Å². The number of nitrogens with zero attached hydrogens (tertiary/aromatic N) is 1. The SMILES string of the molecule is CC(C)C1(O)CN(C(=O)C2(S(=O)(=O)c3ccccc3)CC2)CC1C. The lowest BCUT2D eigenvalue weighted by molar-refractivity contribution is -0.131. The van der Waals surface area contributed by atoms with E-state index in [9.17, 15) is 18.3 Å². The Morgan fingerprint density at radius 1 is 1.25 bits per heavy atom. The van der Waals surface area contributed by atoms with Crippen LogP contribution in [0.5, 0.6) is 0 Å². The fourth-order valence-electron chi connectivity index (χ4n) is 3.75. The highest BCUT2D eigenvalue weighted by Gasteiger charge is 2.64. The monoisotopic (exact) mass is 351 g/mol. The van der Waals surface area contributed by atoms with Crippen molar-refractivity contribution in [2.75, 3.05) is 13.1 Å². The maximum Gasteiger partial charge on any atom is 0.244 e. The van der Waals surface area contributed by atoms with E-state index < -0.39 is 20.2 Å². The second-order valence-electron chi connectivity index (χ2n) is 7.54. The Kier molecular flexibility index (Phi) is 4.04. The van der Waals surface area contributed by atoms with Gasteiger partial charge < -0.3 is 10.0 Å². The highest BCUT2D eigenvalue weighted by molar-refractivity contribution is 7.94. The molecule has 3 rings (SSSR count). The summed E-state index contributed by atoms with van der Waals surface area (Å²) in [4.78, 5) is 14.8. The molecule has 6 heteroatoms. The minimum absolute atomic E-state index is 0.00573. The van der Waals surface area contributed by atoms with E-state index in [4.69, 9.17) is 0 Å². The highest BCUT2D eigenvalue weighted by Crippen LogP contribution is 2.49. The van der Waals surface area contributed by atoms with Crippen molar-refractivity contribution in [2.45, 2.75) is 48.9 Å². The number of carbonyl (C=O) groups excluding carboxylic acids is 1. The van der Waals surface area contributed by atoms with Gasteiger partial charge in [0.15, 0.2) is 14.6 Å². The standard InChI is InChI=1S/C18H25NO4S/c1-13(2)18(21)12-19(11-14(18)3)16(20)17(9-10-17)24(22,23)15-7-5-4-6-8-15/h4-8,13-14,21H,9-12H2,1-3H3. The number of sulfone groups is 1. The van der Waals surface area contributed by atoms with Gasteiger partial charge in [0, 0.05) is 12.5 Å². The van der Waals surface area contributed by atoms with Crippen LogP contribution in [0.1, 0.15) is 33.6 Å². The predicted molar refractivity (Wildman–Crippen MR) is 91.1 cm³/mol. The lowest BCUT2D eigenvalue weighted by Crippen LogP contribution is -2.47. The van der Waals surface area contributed by atoms with Gasteiger partial charge in [-0.25, -0.2) is 8.42 Å².